The van der Waals surface area contributed by atoms with Crippen LogP contribution in [-0.4, -0.2) is 48.5 Å². The van der Waals surface area contributed by atoms with E-state index in [2.05, 4.69) is 10.1 Å². The number of alkyl halides is 2. The van der Waals surface area contributed by atoms with E-state index >= 15 is 0 Å². The molecule has 2 heterocycles. The number of rotatable bonds is 8. The lowest BCUT2D eigenvalue weighted by Gasteiger charge is -2.21. The van der Waals surface area contributed by atoms with Gasteiger partial charge < -0.3 is 24.4 Å². The van der Waals surface area contributed by atoms with Crippen molar-refractivity contribution >= 4 is 23.5 Å². The van der Waals surface area contributed by atoms with Gasteiger partial charge in [0, 0.05) is 25.1 Å². The van der Waals surface area contributed by atoms with Crippen LogP contribution >= 0.6 is 0 Å². The van der Waals surface area contributed by atoms with E-state index in [0.29, 0.717) is 30.4 Å². The number of likely N-dealkylation sites (tertiary alicyclic amines) is 1. The Morgan fingerprint density at radius 3 is 2.67 bits per heavy atom. The lowest BCUT2D eigenvalue weighted by Crippen LogP contribution is -2.41. The van der Waals surface area contributed by atoms with Gasteiger partial charge in [-0.3, -0.25) is 9.59 Å². The molecule has 2 aromatic rings. The van der Waals surface area contributed by atoms with Crippen LogP contribution < -0.4 is 19.5 Å². The molecule has 1 aliphatic carbocycles. The number of hydrogen-bond acceptors (Lipinski definition) is 6. The topological polar surface area (TPSA) is 94.2 Å². The third-order valence-corrected chi connectivity index (χ3v) is 6.72. The van der Waals surface area contributed by atoms with E-state index in [-0.39, 0.29) is 42.2 Å². The first-order valence-corrected chi connectivity index (χ1v) is 11.9. The van der Waals surface area contributed by atoms with Crippen LogP contribution in [0.4, 0.5) is 14.5 Å². The zero-order valence-electron chi connectivity index (χ0n) is 19.7. The Morgan fingerprint density at radius 1 is 1.14 bits per heavy atom. The lowest BCUT2D eigenvalue weighted by molar-refractivity contribution is -0.145. The Hall–Kier alpha value is -3.69. The number of esters is 1. The van der Waals surface area contributed by atoms with Crippen molar-refractivity contribution in [1.29, 1.82) is 0 Å². The number of nitrogens with one attached hydrogen (secondary N) is 1. The fraction of sp³-hybridized carbons (Fsp3) is 0.423. The van der Waals surface area contributed by atoms with Gasteiger partial charge in [-0.05, 0) is 66.6 Å². The molecule has 10 heteroatoms. The second kappa shape index (κ2) is 9.75. The summed E-state index contributed by atoms with van der Waals surface area (Å²) >= 11 is 0. The molecule has 0 bridgehead atoms. The molecular formula is C26H26F2N2O6. The molecular weight excluding hydrogens is 474 g/mol. The number of halogens is 2. The molecule has 0 spiro atoms. The maximum absolute atomic E-state index is 13.1. The summed E-state index contributed by atoms with van der Waals surface area (Å²) in [5.74, 6) is -0.305. The summed E-state index contributed by atoms with van der Waals surface area (Å²) < 4.78 is 41.7. The summed E-state index contributed by atoms with van der Waals surface area (Å²) in [6.45, 7) is -0.899. The minimum atomic E-state index is -2.98. The summed E-state index contributed by atoms with van der Waals surface area (Å²) in [6.07, 6.45) is 2.60. The normalized spacial score (nSPS) is 20.8. The van der Waals surface area contributed by atoms with Gasteiger partial charge in [0.05, 0.1) is 13.0 Å². The fourth-order valence-electron chi connectivity index (χ4n) is 4.68. The van der Waals surface area contributed by atoms with E-state index in [9.17, 15) is 23.2 Å². The van der Waals surface area contributed by atoms with Crippen molar-refractivity contribution in [2.45, 2.75) is 51.2 Å². The molecule has 5 rings (SSSR count). The predicted octanol–water partition coefficient (Wildman–Crippen LogP) is 3.88. The molecule has 8 nitrogen and oxygen atoms in total. The van der Waals surface area contributed by atoms with Crippen molar-refractivity contribution in [3.8, 4) is 17.2 Å². The second-order valence-electron chi connectivity index (χ2n) is 9.42. The van der Waals surface area contributed by atoms with Gasteiger partial charge >= 0.3 is 12.6 Å². The summed E-state index contributed by atoms with van der Waals surface area (Å²) in [5.41, 5.74) is 2.18. The minimum Gasteiger partial charge on any atom is -0.489 e. The average Bonchev–Trinajstić information content (AvgIpc) is 3.41. The van der Waals surface area contributed by atoms with Crippen molar-refractivity contribution in [3.05, 3.63) is 47.5 Å². The van der Waals surface area contributed by atoms with Crippen molar-refractivity contribution in [1.82, 2.24) is 4.90 Å². The summed E-state index contributed by atoms with van der Waals surface area (Å²) in [7, 11) is 0. The van der Waals surface area contributed by atoms with Crippen LogP contribution in [0, 0.1) is 5.92 Å². The number of benzene rings is 2. The number of hydrogen-bond donors (Lipinski definition) is 1. The van der Waals surface area contributed by atoms with Gasteiger partial charge in [0.25, 0.3) is 0 Å². The number of carbonyl (C=O) groups excluding carboxylic acids is 3. The Labute approximate surface area is 206 Å². The number of carbonyl (C=O) groups is 3. The number of fused-ring (bicyclic) bond motifs is 1. The van der Waals surface area contributed by atoms with Crippen LogP contribution in [0.2, 0.25) is 0 Å². The smallest absolute Gasteiger partial charge is 0.387 e. The quantitative estimate of drug-likeness (QED) is 0.437. The molecule has 2 atom stereocenters. The highest BCUT2D eigenvalue weighted by molar-refractivity contribution is 5.99. The molecule has 2 fully saturated rings. The van der Waals surface area contributed by atoms with Crippen LogP contribution in [0.25, 0.3) is 0 Å². The van der Waals surface area contributed by atoms with Crippen LogP contribution in [0.1, 0.15) is 43.2 Å². The molecule has 2 aromatic carbocycles. The Balaban J connectivity index is 1.32. The molecule has 1 unspecified atom stereocenters. The Morgan fingerprint density at radius 2 is 1.94 bits per heavy atom. The monoisotopic (exact) mass is 500 g/mol. The van der Waals surface area contributed by atoms with Gasteiger partial charge in [0.1, 0.15) is 11.8 Å². The van der Waals surface area contributed by atoms with Crippen LogP contribution in [0.3, 0.4) is 0 Å². The van der Waals surface area contributed by atoms with Crippen molar-refractivity contribution in [2.24, 2.45) is 5.92 Å². The number of nitrogens with zero attached hydrogens (tertiary/aromatic N) is 1. The van der Waals surface area contributed by atoms with Gasteiger partial charge in [-0.15, -0.1) is 0 Å². The first-order chi connectivity index (χ1) is 17.3. The standard InChI is InChI=1S/C26H26F2N2O6/c1-14(31)30-12-18(16-4-7-22(36-26(27)28)23(10-16)34-13-15-2-3-15)9-21(30)25(33)35-19-5-6-20-17(8-19)11-24(32)29-20/h4-8,10,15,18,21,26H,2-3,9,11-13H2,1H3,(H,29,32)/t18?,21-/m1/s1. The highest BCUT2D eigenvalue weighted by atomic mass is 19.3. The third kappa shape index (κ3) is 5.27. The summed E-state index contributed by atoms with van der Waals surface area (Å²) in [4.78, 5) is 38.5. The first-order valence-electron chi connectivity index (χ1n) is 11.9. The molecule has 0 aromatic heterocycles. The lowest BCUT2D eigenvalue weighted by atomic mass is 9.96. The molecule has 36 heavy (non-hydrogen) atoms. The fourth-order valence-corrected chi connectivity index (χ4v) is 4.68. The molecule has 190 valence electrons. The van der Waals surface area contributed by atoms with Gasteiger partial charge in [-0.25, -0.2) is 4.79 Å². The molecule has 1 saturated heterocycles. The maximum atomic E-state index is 13.1. The van der Waals surface area contributed by atoms with E-state index < -0.39 is 18.6 Å². The molecule has 1 N–H and O–H groups in total. The van der Waals surface area contributed by atoms with Crippen molar-refractivity contribution in [2.75, 3.05) is 18.5 Å². The minimum absolute atomic E-state index is 0.0450. The van der Waals surface area contributed by atoms with Crippen molar-refractivity contribution < 1.29 is 37.4 Å². The first kappa shape index (κ1) is 24.0. The van der Waals surface area contributed by atoms with Crippen molar-refractivity contribution in [3.63, 3.8) is 0 Å². The number of anilines is 1. The molecule has 2 aliphatic heterocycles. The van der Waals surface area contributed by atoms with Gasteiger partial charge in [0.2, 0.25) is 11.8 Å². The molecule has 2 amide bonds. The van der Waals surface area contributed by atoms with Crippen LogP contribution in [0.5, 0.6) is 17.2 Å². The Kier molecular flexibility index (Phi) is 6.51. The largest absolute Gasteiger partial charge is 0.489 e. The maximum Gasteiger partial charge on any atom is 0.387 e. The zero-order valence-corrected chi connectivity index (χ0v) is 19.7. The summed E-state index contributed by atoms with van der Waals surface area (Å²) in [6, 6.07) is 8.85. The SMILES string of the molecule is CC(=O)N1CC(c2ccc(OC(F)F)c(OCC3CC3)c2)C[C@@H]1C(=O)Oc1ccc2c(c1)CC(=O)N2. The van der Waals surface area contributed by atoms with Gasteiger partial charge in [0.15, 0.2) is 11.5 Å². The van der Waals surface area contributed by atoms with Crippen LogP contribution in [-0.2, 0) is 20.8 Å². The van der Waals surface area contributed by atoms with E-state index in [0.717, 1.165) is 24.0 Å². The van der Waals surface area contributed by atoms with E-state index in [1.807, 2.05) is 0 Å². The Bertz CT molecular complexity index is 1200. The van der Waals surface area contributed by atoms with E-state index in [4.69, 9.17) is 9.47 Å². The van der Waals surface area contributed by atoms with Gasteiger partial charge in [-0.1, -0.05) is 6.07 Å². The molecule has 1 saturated carbocycles. The highest BCUT2D eigenvalue weighted by Gasteiger charge is 2.40. The average molecular weight is 500 g/mol. The molecule has 0 radical (unpaired) electrons. The van der Waals surface area contributed by atoms with E-state index in [1.165, 1.54) is 17.9 Å². The number of amides is 2. The predicted molar refractivity (Wildman–Crippen MR) is 124 cm³/mol. The van der Waals surface area contributed by atoms with E-state index in [1.54, 1.807) is 30.3 Å². The molecule has 3 aliphatic rings. The van der Waals surface area contributed by atoms with Gasteiger partial charge in [-0.2, -0.15) is 8.78 Å². The second-order valence-corrected chi connectivity index (χ2v) is 9.42. The highest BCUT2D eigenvalue weighted by Crippen LogP contribution is 2.39. The third-order valence-electron chi connectivity index (χ3n) is 6.72. The van der Waals surface area contributed by atoms with Crippen LogP contribution in [0.15, 0.2) is 36.4 Å². The zero-order chi connectivity index (χ0) is 25.4. The summed E-state index contributed by atoms with van der Waals surface area (Å²) in [5, 5.41) is 2.72. The number of ether oxygens (including phenoxy) is 3.